The second-order valence-electron chi connectivity index (χ2n) is 7.01. The lowest BCUT2D eigenvalue weighted by atomic mass is 10.1. The third-order valence-electron chi connectivity index (χ3n) is 4.88. The first kappa shape index (κ1) is 19.1. The number of nitrogens with one attached hydrogen (secondary N) is 2. The third-order valence-corrected chi connectivity index (χ3v) is 4.88. The van der Waals surface area contributed by atoms with Crippen molar-refractivity contribution < 1.29 is 0 Å². The number of unbranched alkanes of at least 4 members (excludes halogenated alkanes) is 1. The number of hydrogen-bond donors (Lipinski definition) is 2. The molecule has 146 valence electrons. The predicted octanol–water partition coefficient (Wildman–Crippen LogP) is 1.60. The Morgan fingerprint density at radius 1 is 1.19 bits per heavy atom. The molecule has 1 fully saturated rings. The zero-order chi connectivity index (χ0) is 18.9. The van der Waals surface area contributed by atoms with Crippen molar-refractivity contribution in [1.29, 1.82) is 0 Å². The number of rotatable bonds is 7. The van der Waals surface area contributed by atoms with Crippen molar-refractivity contribution in [1.82, 2.24) is 30.4 Å². The molecule has 2 aromatic rings. The van der Waals surface area contributed by atoms with Crippen LogP contribution in [-0.4, -0.2) is 58.4 Å². The fourth-order valence-corrected chi connectivity index (χ4v) is 3.25. The summed E-state index contributed by atoms with van der Waals surface area (Å²) < 4.78 is 2.00. The van der Waals surface area contributed by atoms with Crippen molar-refractivity contribution in [3.8, 4) is 0 Å². The van der Waals surface area contributed by atoms with Gasteiger partial charge in [-0.05, 0) is 44.2 Å². The molecular formula is C19H30N8. The number of anilines is 1. The van der Waals surface area contributed by atoms with E-state index in [-0.39, 0.29) is 0 Å². The molecule has 1 aliphatic heterocycles. The van der Waals surface area contributed by atoms with Gasteiger partial charge in [-0.15, -0.1) is 10.2 Å². The van der Waals surface area contributed by atoms with E-state index in [4.69, 9.17) is 0 Å². The van der Waals surface area contributed by atoms with E-state index in [1.54, 1.807) is 12.7 Å². The smallest absolute Gasteiger partial charge is 0.191 e. The van der Waals surface area contributed by atoms with Gasteiger partial charge < -0.3 is 20.1 Å². The maximum absolute atomic E-state index is 4.54. The summed E-state index contributed by atoms with van der Waals surface area (Å²) in [7, 11) is 1.83. The number of aryl methyl sites for hydroxylation is 2. The summed E-state index contributed by atoms with van der Waals surface area (Å²) in [4.78, 5) is 11.3. The van der Waals surface area contributed by atoms with Crippen LogP contribution in [0.2, 0.25) is 0 Å². The lowest BCUT2D eigenvalue weighted by Crippen LogP contribution is -2.49. The van der Waals surface area contributed by atoms with Gasteiger partial charge in [0, 0.05) is 45.5 Å². The summed E-state index contributed by atoms with van der Waals surface area (Å²) in [6, 6.07) is 4.69. The molecule has 0 aliphatic carbocycles. The number of aliphatic imine (C=N–C) groups is 1. The molecule has 8 nitrogen and oxygen atoms in total. The monoisotopic (exact) mass is 370 g/mol. The van der Waals surface area contributed by atoms with Gasteiger partial charge in [0.25, 0.3) is 0 Å². The van der Waals surface area contributed by atoms with Gasteiger partial charge in [0.1, 0.15) is 18.5 Å². The first-order valence-electron chi connectivity index (χ1n) is 9.72. The molecule has 0 radical (unpaired) electrons. The quantitative estimate of drug-likeness (QED) is 0.438. The van der Waals surface area contributed by atoms with E-state index < -0.39 is 0 Å². The molecule has 3 rings (SSSR count). The van der Waals surface area contributed by atoms with Gasteiger partial charge in [-0.25, -0.2) is 4.98 Å². The molecule has 2 N–H and O–H groups in total. The molecule has 0 saturated carbocycles. The average molecular weight is 371 g/mol. The number of pyridine rings is 1. The highest BCUT2D eigenvalue weighted by Crippen LogP contribution is 2.17. The van der Waals surface area contributed by atoms with Gasteiger partial charge in [-0.1, -0.05) is 6.07 Å². The third kappa shape index (κ3) is 5.94. The van der Waals surface area contributed by atoms with E-state index in [9.17, 15) is 0 Å². The molecule has 1 saturated heterocycles. The van der Waals surface area contributed by atoms with E-state index in [1.165, 1.54) is 5.56 Å². The Morgan fingerprint density at radius 3 is 2.63 bits per heavy atom. The molecule has 0 amide bonds. The maximum atomic E-state index is 4.54. The summed E-state index contributed by atoms with van der Waals surface area (Å²) in [6.45, 7) is 5.97. The molecule has 2 aromatic heterocycles. The summed E-state index contributed by atoms with van der Waals surface area (Å²) in [5.74, 6) is 1.97. The van der Waals surface area contributed by atoms with Gasteiger partial charge >= 0.3 is 0 Å². The minimum absolute atomic E-state index is 0.454. The highest BCUT2D eigenvalue weighted by atomic mass is 15.2. The van der Waals surface area contributed by atoms with Crippen molar-refractivity contribution in [3.05, 3.63) is 36.5 Å². The number of nitrogens with zero attached hydrogens (tertiary/aromatic N) is 6. The normalized spacial score (nSPS) is 15.8. The van der Waals surface area contributed by atoms with Gasteiger partial charge in [0.15, 0.2) is 5.96 Å². The Kier molecular flexibility index (Phi) is 7.01. The standard InChI is InChI=1S/C19H30N8/c1-16-5-6-18(22-13-16)27-11-7-17(8-12-27)25-19(20-2)21-9-3-4-10-26-14-23-24-15-26/h5-6,13-15,17H,3-4,7-12H2,1-2H3,(H2,20,21,25). The molecular weight excluding hydrogens is 340 g/mol. The maximum Gasteiger partial charge on any atom is 0.191 e. The zero-order valence-electron chi connectivity index (χ0n) is 16.3. The molecule has 0 unspecified atom stereocenters. The van der Waals surface area contributed by atoms with Crippen molar-refractivity contribution >= 4 is 11.8 Å². The second-order valence-corrected chi connectivity index (χ2v) is 7.01. The van der Waals surface area contributed by atoms with E-state index in [0.29, 0.717) is 6.04 Å². The van der Waals surface area contributed by atoms with Crippen LogP contribution >= 0.6 is 0 Å². The molecule has 0 bridgehead atoms. The highest BCUT2D eigenvalue weighted by molar-refractivity contribution is 5.79. The van der Waals surface area contributed by atoms with Crippen molar-refractivity contribution in [3.63, 3.8) is 0 Å². The number of aromatic nitrogens is 4. The van der Waals surface area contributed by atoms with Gasteiger partial charge in [-0.2, -0.15) is 0 Å². The molecule has 27 heavy (non-hydrogen) atoms. The van der Waals surface area contributed by atoms with Crippen molar-refractivity contribution in [2.45, 2.75) is 45.2 Å². The molecule has 0 atom stereocenters. The van der Waals surface area contributed by atoms with E-state index in [0.717, 1.165) is 63.6 Å². The van der Waals surface area contributed by atoms with Gasteiger partial charge in [0.05, 0.1) is 0 Å². The Labute approximate surface area is 161 Å². The first-order chi connectivity index (χ1) is 13.2. The van der Waals surface area contributed by atoms with E-state index in [1.807, 2.05) is 17.8 Å². The molecule has 1 aliphatic rings. The van der Waals surface area contributed by atoms with E-state index >= 15 is 0 Å². The number of piperidine rings is 1. The topological polar surface area (TPSA) is 83.3 Å². The minimum atomic E-state index is 0.454. The molecule has 0 spiro atoms. The predicted molar refractivity (Wildman–Crippen MR) is 108 cm³/mol. The van der Waals surface area contributed by atoms with Crippen LogP contribution in [0.5, 0.6) is 0 Å². The summed E-state index contributed by atoms with van der Waals surface area (Å²) in [5.41, 5.74) is 1.20. The van der Waals surface area contributed by atoms with Gasteiger partial charge in [-0.3, -0.25) is 4.99 Å². The highest BCUT2D eigenvalue weighted by Gasteiger charge is 2.20. The molecule has 0 aromatic carbocycles. The molecule has 3 heterocycles. The van der Waals surface area contributed by atoms with E-state index in [2.05, 4.69) is 54.8 Å². The van der Waals surface area contributed by atoms with Crippen LogP contribution in [0.1, 0.15) is 31.2 Å². The first-order valence-corrected chi connectivity index (χ1v) is 9.72. The largest absolute Gasteiger partial charge is 0.356 e. The molecule has 8 heteroatoms. The summed E-state index contributed by atoms with van der Waals surface area (Å²) >= 11 is 0. The van der Waals surface area contributed by atoms with Crippen LogP contribution in [0.4, 0.5) is 5.82 Å². The van der Waals surface area contributed by atoms with Crippen LogP contribution in [-0.2, 0) is 6.54 Å². The Balaban J connectivity index is 1.33. The van der Waals surface area contributed by atoms with Crippen LogP contribution in [0.15, 0.2) is 36.0 Å². The fourth-order valence-electron chi connectivity index (χ4n) is 3.25. The summed E-state index contributed by atoms with van der Waals surface area (Å²) in [5, 5.41) is 14.6. The SMILES string of the molecule is CN=C(NCCCCn1cnnc1)NC1CCN(c2ccc(C)cn2)CC1. The Hall–Kier alpha value is -2.64. The van der Waals surface area contributed by atoms with Crippen LogP contribution in [0.25, 0.3) is 0 Å². The van der Waals surface area contributed by atoms with Crippen molar-refractivity contribution in [2.24, 2.45) is 4.99 Å². The van der Waals surface area contributed by atoms with Crippen LogP contribution < -0.4 is 15.5 Å². The van der Waals surface area contributed by atoms with Crippen LogP contribution in [0.3, 0.4) is 0 Å². The van der Waals surface area contributed by atoms with Crippen LogP contribution in [0, 0.1) is 6.92 Å². The van der Waals surface area contributed by atoms with Crippen molar-refractivity contribution in [2.75, 3.05) is 31.6 Å². The Bertz CT molecular complexity index is 687. The summed E-state index contributed by atoms with van der Waals surface area (Å²) in [6.07, 6.45) is 9.79. The average Bonchev–Trinajstić information content (AvgIpc) is 3.21. The van der Waals surface area contributed by atoms with Gasteiger partial charge in [0.2, 0.25) is 0 Å². The lowest BCUT2D eigenvalue weighted by Gasteiger charge is -2.33. The second kappa shape index (κ2) is 9.89. The zero-order valence-corrected chi connectivity index (χ0v) is 16.3. The Morgan fingerprint density at radius 2 is 1.96 bits per heavy atom. The lowest BCUT2D eigenvalue weighted by molar-refractivity contribution is 0.459. The number of hydrogen-bond acceptors (Lipinski definition) is 5. The minimum Gasteiger partial charge on any atom is -0.356 e. The fraction of sp³-hybridized carbons (Fsp3) is 0.579. The number of guanidine groups is 1.